The van der Waals surface area contributed by atoms with E-state index in [4.69, 9.17) is 9.05 Å². The maximum atomic E-state index is 13.0. The molecule has 69 heavy (non-hydrogen) atoms. The Kier molecular flexibility index (Phi) is 50.7. The van der Waals surface area contributed by atoms with Gasteiger partial charge in [0.05, 0.1) is 39.9 Å². The van der Waals surface area contributed by atoms with Crippen molar-refractivity contribution in [3.8, 4) is 0 Å². The summed E-state index contributed by atoms with van der Waals surface area (Å²) in [5, 5.41) is 13.9. The van der Waals surface area contributed by atoms with Crippen LogP contribution in [0.15, 0.2) is 36.5 Å². The smallest absolute Gasteiger partial charge is 0.387 e. The highest BCUT2D eigenvalue weighted by Gasteiger charge is 2.27. The standard InChI is InChI=1S/C60H117N2O6P/c1-6-8-10-12-14-16-18-20-22-24-25-26-27-28-29-30-31-32-33-34-35-36-38-39-41-43-45-47-49-51-53-59(63)58(57-68-69(65,66)67-56-55-62(3,4)5)61-60(64)54-52-50-48-46-44-42-40-37-23-21-19-17-15-13-11-9-7-2/h15,17,21,23,51,53,58-59,63H,6-14,16,18-20,22,24-50,52,54-57H2,1-5H3,(H-,61,64,65,66)/p+1/b17-15-,23-21-,53-51+. The number of amides is 1. The van der Waals surface area contributed by atoms with Gasteiger partial charge >= 0.3 is 7.82 Å². The number of carbonyl (C=O) groups is 1. The molecular formula is C60H118N2O6P+. The average Bonchev–Trinajstić information content (AvgIpc) is 3.31. The van der Waals surface area contributed by atoms with Crippen molar-refractivity contribution >= 4 is 13.7 Å². The third-order valence-electron chi connectivity index (χ3n) is 13.6. The molecule has 0 saturated heterocycles. The molecule has 0 bridgehead atoms. The van der Waals surface area contributed by atoms with E-state index in [1.54, 1.807) is 6.08 Å². The summed E-state index contributed by atoms with van der Waals surface area (Å²) < 4.78 is 23.7. The fourth-order valence-electron chi connectivity index (χ4n) is 8.90. The second-order valence-corrected chi connectivity index (χ2v) is 23.2. The number of nitrogens with one attached hydrogen (secondary N) is 1. The number of hydrogen-bond acceptors (Lipinski definition) is 5. The van der Waals surface area contributed by atoms with Gasteiger partial charge in [0.1, 0.15) is 13.2 Å². The maximum Gasteiger partial charge on any atom is 0.472 e. The summed E-state index contributed by atoms with van der Waals surface area (Å²) in [5.41, 5.74) is 0. The number of likely N-dealkylation sites (N-methyl/N-ethyl adjacent to an activating group) is 1. The number of quaternary nitrogens is 1. The van der Waals surface area contributed by atoms with Gasteiger partial charge in [-0.15, -0.1) is 0 Å². The van der Waals surface area contributed by atoms with Gasteiger partial charge in [-0.3, -0.25) is 13.8 Å². The predicted molar refractivity (Wildman–Crippen MR) is 300 cm³/mol. The van der Waals surface area contributed by atoms with Gasteiger partial charge in [-0.25, -0.2) is 4.57 Å². The van der Waals surface area contributed by atoms with Gasteiger partial charge in [0, 0.05) is 6.42 Å². The molecule has 8 nitrogen and oxygen atoms in total. The first-order chi connectivity index (χ1) is 33.5. The topological polar surface area (TPSA) is 105 Å². The third kappa shape index (κ3) is 54.3. The molecule has 9 heteroatoms. The molecule has 1 amide bonds. The third-order valence-corrected chi connectivity index (χ3v) is 14.6. The van der Waals surface area contributed by atoms with Crippen molar-refractivity contribution in [2.75, 3.05) is 40.9 Å². The second kappa shape index (κ2) is 51.6. The second-order valence-electron chi connectivity index (χ2n) is 21.7. The molecule has 0 aromatic heterocycles. The van der Waals surface area contributed by atoms with Crippen molar-refractivity contribution in [3.05, 3.63) is 36.5 Å². The Morgan fingerprint density at radius 3 is 1.22 bits per heavy atom. The van der Waals surface area contributed by atoms with Crippen LogP contribution in [0.25, 0.3) is 0 Å². The monoisotopic (exact) mass is 994 g/mol. The van der Waals surface area contributed by atoms with Gasteiger partial charge in [0.15, 0.2) is 0 Å². The van der Waals surface area contributed by atoms with E-state index in [2.05, 4.69) is 43.5 Å². The lowest BCUT2D eigenvalue weighted by molar-refractivity contribution is -0.870. The number of phosphoric acid groups is 1. The van der Waals surface area contributed by atoms with Gasteiger partial charge in [0.2, 0.25) is 5.91 Å². The van der Waals surface area contributed by atoms with Crippen molar-refractivity contribution in [2.45, 2.75) is 302 Å². The lowest BCUT2D eigenvalue weighted by Gasteiger charge is -2.25. The first-order valence-corrected chi connectivity index (χ1v) is 31.4. The predicted octanol–water partition coefficient (Wildman–Crippen LogP) is 18.2. The number of aliphatic hydroxyl groups excluding tert-OH is 1. The molecular weight excluding hydrogens is 876 g/mol. The molecule has 0 aromatic carbocycles. The quantitative estimate of drug-likeness (QED) is 0.0243. The molecule has 3 unspecified atom stereocenters. The minimum atomic E-state index is -4.35. The average molecular weight is 995 g/mol. The van der Waals surface area contributed by atoms with Crippen LogP contribution < -0.4 is 5.32 Å². The van der Waals surface area contributed by atoms with Crippen LogP contribution in [0.5, 0.6) is 0 Å². The number of carbonyl (C=O) groups excluding carboxylic acids is 1. The molecule has 0 aliphatic rings. The van der Waals surface area contributed by atoms with E-state index in [0.717, 1.165) is 51.4 Å². The van der Waals surface area contributed by atoms with E-state index in [1.165, 1.54) is 218 Å². The number of nitrogens with zero attached hydrogens (tertiary/aromatic N) is 1. The van der Waals surface area contributed by atoms with Crippen LogP contribution in [0.2, 0.25) is 0 Å². The summed E-state index contributed by atoms with van der Waals surface area (Å²) in [6.07, 6.45) is 66.9. The van der Waals surface area contributed by atoms with Crippen LogP contribution in [0.1, 0.15) is 290 Å². The van der Waals surface area contributed by atoms with Crippen LogP contribution >= 0.6 is 7.82 Å². The van der Waals surface area contributed by atoms with Crippen molar-refractivity contribution in [1.82, 2.24) is 5.32 Å². The number of aliphatic hydroxyl groups is 1. The Hall–Kier alpha value is -1.28. The minimum absolute atomic E-state index is 0.0601. The summed E-state index contributed by atoms with van der Waals surface area (Å²) in [6, 6.07) is -0.851. The Labute approximate surface area is 429 Å². The van der Waals surface area contributed by atoms with Crippen molar-refractivity contribution in [2.24, 2.45) is 0 Å². The molecule has 0 fully saturated rings. The normalized spacial score (nSPS) is 14.1. The summed E-state index contributed by atoms with van der Waals surface area (Å²) in [6.45, 7) is 4.82. The Balaban J connectivity index is 4.12. The van der Waals surface area contributed by atoms with E-state index < -0.39 is 20.0 Å². The van der Waals surface area contributed by atoms with Gasteiger partial charge in [-0.05, 0) is 51.4 Å². The first kappa shape index (κ1) is 67.7. The van der Waals surface area contributed by atoms with Crippen LogP contribution in [-0.4, -0.2) is 73.4 Å². The van der Waals surface area contributed by atoms with Gasteiger partial charge in [-0.1, -0.05) is 269 Å². The zero-order valence-corrected chi connectivity index (χ0v) is 47.5. The zero-order chi connectivity index (χ0) is 50.6. The number of allylic oxidation sites excluding steroid dienone is 5. The summed E-state index contributed by atoms with van der Waals surface area (Å²) in [7, 11) is 1.57. The van der Waals surface area contributed by atoms with Crippen LogP contribution in [-0.2, 0) is 18.4 Å². The SMILES string of the molecule is CCCCC/C=C\C/C=C\CCCCCCCCCC(=O)NC(COP(=O)(O)OCC[N+](C)(C)C)C(O)/C=C/CCCCCCCCCCCCCCCCCCCCCCCCCCCCCC. The summed E-state index contributed by atoms with van der Waals surface area (Å²) in [5.74, 6) is -0.182. The molecule has 0 rings (SSSR count). The number of unbranched alkanes of at least 4 members (excludes halogenated alkanes) is 38. The van der Waals surface area contributed by atoms with Gasteiger partial charge in [-0.2, -0.15) is 0 Å². The Bertz CT molecular complexity index is 1220. The summed E-state index contributed by atoms with van der Waals surface area (Å²) in [4.78, 5) is 23.3. The fourth-order valence-corrected chi connectivity index (χ4v) is 9.63. The molecule has 3 N–H and O–H groups in total. The van der Waals surface area contributed by atoms with Crippen LogP contribution in [0.4, 0.5) is 0 Å². The highest BCUT2D eigenvalue weighted by molar-refractivity contribution is 7.47. The van der Waals surface area contributed by atoms with Gasteiger partial charge < -0.3 is 19.8 Å². The van der Waals surface area contributed by atoms with Gasteiger partial charge in [0.25, 0.3) is 0 Å². The molecule has 408 valence electrons. The van der Waals surface area contributed by atoms with Crippen molar-refractivity contribution < 1.29 is 32.9 Å². The molecule has 3 atom stereocenters. The van der Waals surface area contributed by atoms with E-state index in [9.17, 15) is 19.4 Å². The highest BCUT2D eigenvalue weighted by atomic mass is 31.2. The van der Waals surface area contributed by atoms with E-state index in [-0.39, 0.29) is 19.1 Å². The van der Waals surface area contributed by atoms with E-state index >= 15 is 0 Å². The minimum Gasteiger partial charge on any atom is -0.387 e. The zero-order valence-electron chi connectivity index (χ0n) is 46.6. The molecule has 0 saturated carbocycles. The first-order valence-electron chi connectivity index (χ1n) is 29.9. The molecule has 0 aliphatic carbocycles. The van der Waals surface area contributed by atoms with Crippen LogP contribution in [0, 0.1) is 0 Å². The van der Waals surface area contributed by atoms with Crippen molar-refractivity contribution in [1.29, 1.82) is 0 Å². The highest BCUT2D eigenvalue weighted by Crippen LogP contribution is 2.43. The van der Waals surface area contributed by atoms with E-state index in [0.29, 0.717) is 17.4 Å². The van der Waals surface area contributed by atoms with Crippen LogP contribution in [0.3, 0.4) is 0 Å². The molecule has 0 aromatic rings. The lowest BCUT2D eigenvalue weighted by atomic mass is 10.0. The van der Waals surface area contributed by atoms with E-state index in [1.807, 2.05) is 27.2 Å². The molecule has 0 heterocycles. The Morgan fingerprint density at radius 2 is 0.826 bits per heavy atom. The maximum absolute atomic E-state index is 13.0. The molecule has 0 aliphatic heterocycles. The molecule has 0 spiro atoms. The molecule has 0 radical (unpaired) electrons. The number of phosphoric ester groups is 1. The largest absolute Gasteiger partial charge is 0.472 e. The van der Waals surface area contributed by atoms with Crippen molar-refractivity contribution in [3.63, 3.8) is 0 Å². The number of hydrogen-bond donors (Lipinski definition) is 3. The number of rotatable bonds is 55. The Morgan fingerprint density at radius 1 is 0.493 bits per heavy atom. The fraction of sp³-hybridized carbons (Fsp3) is 0.883. The summed E-state index contributed by atoms with van der Waals surface area (Å²) >= 11 is 0. The lowest BCUT2D eigenvalue weighted by Crippen LogP contribution is -2.45.